The van der Waals surface area contributed by atoms with Crippen LogP contribution in [0, 0.1) is 6.92 Å². The Bertz CT molecular complexity index is 526. The monoisotopic (exact) mass is 257 g/mol. The van der Waals surface area contributed by atoms with Gasteiger partial charge in [0, 0.05) is 5.56 Å². The third-order valence-electron chi connectivity index (χ3n) is 2.99. The lowest BCUT2D eigenvalue weighted by Gasteiger charge is -2.15. The summed E-state index contributed by atoms with van der Waals surface area (Å²) in [6, 6.07) is 15.5. The zero-order valence-electron chi connectivity index (χ0n) is 11.3. The first-order valence-electron chi connectivity index (χ1n) is 6.37. The quantitative estimate of drug-likeness (QED) is 0.806. The number of phenolic OH excluding ortho intramolecular Hbond substituents is 1. The minimum absolute atomic E-state index is 0.0655. The number of hydrogen-bond donors (Lipinski definition) is 2. The predicted octanol–water partition coefficient (Wildman–Crippen LogP) is 3.48. The number of benzene rings is 2. The lowest BCUT2D eigenvalue weighted by Crippen LogP contribution is -2.19. The fourth-order valence-corrected chi connectivity index (χ4v) is 1.91. The third-order valence-corrected chi connectivity index (χ3v) is 2.99. The minimum Gasteiger partial charge on any atom is -0.508 e. The maximum absolute atomic E-state index is 9.88. The van der Waals surface area contributed by atoms with Crippen molar-refractivity contribution in [2.75, 3.05) is 0 Å². The van der Waals surface area contributed by atoms with Crippen molar-refractivity contribution in [3.8, 4) is 5.75 Å². The summed E-state index contributed by atoms with van der Waals surface area (Å²) in [4.78, 5) is 5.46. The van der Waals surface area contributed by atoms with Crippen LogP contribution in [0.2, 0.25) is 0 Å². The number of rotatable bonds is 5. The second-order valence-corrected chi connectivity index (χ2v) is 4.68. The van der Waals surface area contributed by atoms with E-state index < -0.39 is 0 Å². The molecule has 2 aromatic rings. The highest BCUT2D eigenvalue weighted by atomic mass is 16.6. The van der Waals surface area contributed by atoms with Gasteiger partial charge in [-0.15, -0.1) is 0 Å². The Kier molecular flexibility index (Phi) is 4.55. The van der Waals surface area contributed by atoms with E-state index in [0.29, 0.717) is 12.4 Å². The van der Waals surface area contributed by atoms with Crippen LogP contribution in [0.4, 0.5) is 0 Å². The number of hydrogen-bond acceptors (Lipinski definition) is 3. The molecule has 100 valence electrons. The summed E-state index contributed by atoms with van der Waals surface area (Å²) in [6.07, 6.45) is 0. The van der Waals surface area contributed by atoms with E-state index in [-0.39, 0.29) is 6.04 Å². The van der Waals surface area contributed by atoms with Gasteiger partial charge in [0.15, 0.2) is 0 Å². The second kappa shape index (κ2) is 6.36. The standard InChI is InChI=1S/C16H19NO2/c1-12-8-9-15(16(18)10-12)13(2)17-19-11-14-6-4-3-5-7-14/h3-10,13,17-18H,11H2,1-2H3. The van der Waals surface area contributed by atoms with E-state index in [1.165, 1.54) is 0 Å². The highest BCUT2D eigenvalue weighted by Gasteiger charge is 2.10. The van der Waals surface area contributed by atoms with Crippen LogP contribution >= 0.6 is 0 Å². The van der Waals surface area contributed by atoms with Crippen molar-refractivity contribution >= 4 is 0 Å². The Morgan fingerprint density at radius 2 is 1.89 bits per heavy atom. The molecule has 0 amide bonds. The molecule has 19 heavy (non-hydrogen) atoms. The average Bonchev–Trinajstić information content (AvgIpc) is 2.39. The molecule has 0 aliphatic heterocycles. The fourth-order valence-electron chi connectivity index (χ4n) is 1.91. The van der Waals surface area contributed by atoms with Crippen LogP contribution in [0.3, 0.4) is 0 Å². The molecule has 1 atom stereocenters. The molecule has 2 aromatic carbocycles. The van der Waals surface area contributed by atoms with E-state index in [1.807, 2.05) is 56.3 Å². The average molecular weight is 257 g/mol. The number of aromatic hydroxyl groups is 1. The lowest BCUT2D eigenvalue weighted by molar-refractivity contribution is 0.00654. The molecule has 1 unspecified atom stereocenters. The van der Waals surface area contributed by atoms with E-state index in [9.17, 15) is 5.11 Å². The van der Waals surface area contributed by atoms with Gasteiger partial charge in [0.2, 0.25) is 0 Å². The van der Waals surface area contributed by atoms with Gasteiger partial charge < -0.3 is 5.11 Å². The molecule has 0 saturated carbocycles. The Morgan fingerprint density at radius 3 is 2.58 bits per heavy atom. The van der Waals surface area contributed by atoms with Gasteiger partial charge in [-0.3, -0.25) is 4.84 Å². The molecule has 0 bridgehead atoms. The van der Waals surface area contributed by atoms with E-state index in [0.717, 1.165) is 16.7 Å². The number of aryl methyl sites for hydroxylation is 1. The van der Waals surface area contributed by atoms with Crippen LogP contribution in [-0.4, -0.2) is 5.11 Å². The van der Waals surface area contributed by atoms with Crippen molar-refractivity contribution in [2.24, 2.45) is 0 Å². The first-order valence-corrected chi connectivity index (χ1v) is 6.37. The second-order valence-electron chi connectivity index (χ2n) is 4.68. The van der Waals surface area contributed by atoms with Crippen molar-refractivity contribution in [1.82, 2.24) is 5.48 Å². The highest BCUT2D eigenvalue weighted by molar-refractivity contribution is 5.37. The van der Waals surface area contributed by atoms with E-state index in [1.54, 1.807) is 6.07 Å². The Hall–Kier alpha value is -1.84. The molecule has 2 N–H and O–H groups in total. The first kappa shape index (κ1) is 13.6. The van der Waals surface area contributed by atoms with Crippen LogP contribution in [-0.2, 0) is 11.4 Å². The molecule has 3 heteroatoms. The Morgan fingerprint density at radius 1 is 1.16 bits per heavy atom. The van der Waals surface area contributed by atoms with Crippen LogP contribution in [0.25, 0.3) is 0 Å². The van der Waals surface area contributed by atoms with Crippen LogP contribution in [0.15, 0.2) is 48.5 Å². The Labute approximate surface area is 113 Å². The molecule has 0 saturated heterocycles. The van der Waals surface area contributed by atoms with E-state index >= 15 is 0 Å². The molecule has 0 aliphatic rings. The zero-order chi connectivity index (χ0) is 13.7. The SMILES string of the molecule is Cc1ccc(C(C)NOCc2ccccc2)c(O)c1. The van der Waals surface area contributed by atoms with Gasteiger partial charge in [0.25, 0.3) is 0 Å². The third kappa shape index (κ3) is 3.81. The van der Waals surface area contributed by atoms with E-state index in [2.05, 4.69) is 5.48 Å². The topological polar surface area (TPSA) is 41.5 Å². The van der Waals surface area contributed by atoms with E-state index in [4.69, 9.17) is 4.84 Å². The molecule has 0 heterocycles. The molecule has 0 spiro atoms. The smallest absolute Gasteiger partial charge is 0.120 e. The summed E-state index contributed by atoms with van der Waals surface area (Å²) in [6.45, 7) is 4.40. The predicted molar refractivity (Wildman–Crippen MR) is 75.6 cm³/mol. The van der Waals surface area contributed by atoms with Crippen LogP contribution in [0.1, 0.15) is 29.7 Å². The molecule has 0 radical (unpaired) electrons. The van der Waals surface area contributed by atoms with Crippen molar-refractivity contribution < 1.29 is 9.94 Å². The largest absolute Gasteiger partial charge is 0.508 e. The van der Waals surface area contributed by atoms with Crippen molar-refractivity contribution in [2.45, 2.75) is 26.5 Å². The summed E-state index contributed by atoms with van der Waals surface area (Å²) < 4.78 is 0. The fraction of sp³-hybridized carbons (Fsp3) is 0.250. The number of nitrogens with one attached hydrogen (secondary N) is 1. The van der Waals surface area contributed by atoms with Gasteiger partial charge in [-0.05, 0) is 31.0 Å². The maximum Gasteiger partial charge on any atom is 0.120 e. The molecular weight excluding hydrogens is 238 g/mol. The van der Waals surface area contributed by atoms with Gasteiger partial charge in [0.1, 0.15) is 5.75 Å². The molecule has 0 aliphatic carbocycles. The van der Waals surface area contributed by atoms with Crippen molar-refractivity contribution in [3.05, 3.63) is 65.2 Å². The summed E-state index contributed by atoms with van der Waals surface area (Å²) in [5.74, 6) is 0.295. The van der Waals surface area contributed by atoms with Gasteiger partial charge in [-0.1, -0.05) is 42.5 Å². The molecule has 0 fully saturated rings. The molecule has 3 nitrogen and oxygen atoms in total. The van der Waals surface area contributed by atoms with Gasteiger partial charge in [-0.2, -0.15) is 5.48 Å². The molecule has 2 rings (SSSR count). The lowest BCUT2D eigenvalue weighted by atomic mass is 10.1. The minimum atomic E-state index is -0.0655. The molecule has 0 aromatic heterocycles. The van der Waals surface area contributed by atoms with Gasteiger partial charge >= 0.3 is 0 Å². The summed E-state index contributed by atoms with van der Waals surface area (Å²) in [7, 11) is 0. The Balaban J connectivity index is 1.89. The van der Waals surface area contributed by atoms with Gasteiger partial charge in [0.05, 0.1) is 12.6 Å². The molecular formula is C16H19NO2. The summed E-state index contributed by atoms with van der Waals surface area (Å²) >= 11 is 0. The zero-order valence-corrected chi connectivity index (χ0v) is 11.3. The normalized spacial score (nSPS) is 12.3. The maximum atomic E-state index is 9.88. The highest BCUT2D eigenvalue weighted by Crippen LogP contribution is 2.24. The number of hydroxylamine groups is 1. The van der Waals surface area contributed by atoms with Crippen molar-refractivity contribution in [3.63, 3.8) is 0 Å². The van der Waals surface area contributed by atoms with Crippen molar-refractivity contribution in [1.29, 1.82) is 0 Å². The first-order chi connectivity index (χ1) is 9.16. The summed E-state index contributed by atoms with van der Waals surface area (Å²) in [5, 5.41) is 9.88. The van der Waals surface area contributed by atoms with Crippen LogP contribution < -0.4 is 5.48 Å². The van der Waals surface area contributed by atoms with Crippen LogP contribution in [0.5, 0.6) is 5.75 Å². The summed E-state index contributed by atoms with van der Waals surface area (Å²) in [5.41, 5.74) is 5.93. The number of phenols is 1. The van der Waals surface area contributed by atoms with Gasteiger partial charge in [-0.25, -0.2) is 0 Å².